The van der Waals surface area contributed by atoms with Crippen LogP contribution in [0.5, 0.6) is 0 Å². The number of hydrogen-bond donors (Lipinski definition) is 1. The summed E-state index contributed by atoms with van der Waals surface area (Å²) in [5, 5.41) is 2.92. The minimum Gasteiger partial charge on any atom is -0.374 e. The second-order valence-electron chi connectivity index (χ2n) is 3.86. The summed E-state index contributed by atoms with van der Waals surface area (Å²) in [5.74, 6) is 0. The summed E-state index contributed by atoms with van der Waals surface area (Å²) in [6, 6.07) is 0. The third-order valence-corrected chi connectivity index (χ3v) is 1.70. The van der Waals surface area contributed by atoms with Crippen LogP contribution in [0.1, 0.15) is 26.7 Å². The van der Waals surface area contributed by atoms with Gasteiger partial charge in [0.15, 0.2) is 0 Å². The zero-order chi connectivity index (χ0) is 11.2. The lowest BCUT2D eigenvalue weighted by atomic mass is 10.1. The highest BCUT2D eigenvalue weighted by Gasteiger charge is 2.26. The molecule has 0 heterocycles. The molecule has 0 atom stereocenters. The standard InChI is InChI=1S/C9H18F3NO/c1-8(2,7-13-3)14-6-4-5-9(10,11)12/h13H,4-7H2,1-3H3. The van der Waals surface area contributed by atoms with Gasteiger partial charge in [-0.3, -0.25) is 0 Å². The Morgan fingerprint density at radius 2 is 1.79 bits per heavy atom. The van der Waals surface area contributed by atoms with E-state index in [1.54, 1.807) is 7.05 Å². The van der Waals surface area contributed by atoms with Crippen LogP contribution >= 0.6 is 0 Å². The van der Waals surface area contributed by atoms with E-state index < -0.39 is 18.2 Å². The largest absolute Gasteiger partial charge is 0.389 e. The summed E-state index contributed by atoms with van der Waals surface area (Å²) in [6.07, 6.45) is -4.82. The van der Waals surface area contributed by atoms with E-state index >= 15 is 0 Å². The van der Waals surface area contributed by atoms with E-state index in [1.807, 2.05) is 13.8 Å². The Morgan fingerprint density at radius 3 is 2.21 bits per heavy atom. The molecule has 0 rings (SSSR count). The lowest BCUT2D eigenvalue weighted by Gasteiger charge is -2.25. The molecule has 0 radical (unpaired) electrons. The summed E-state index contributed by atoms with van der Waals surface area (Å²) in [4.78, 5) is 0. The summed E-state index contributed by atoms with van der Waals surface area (Å²) in [5.41, 5.74) is -0.402. The number of rotatable bonds is 6. The highest BCUT2D eigenvalue weighted by molar-refractivity contribution is 4.70. The van der Waals surface area contributed by atoms with Crippen LogP contribution in [0.25, 0.3) is 0 Å². The van der Waals surface area contributed by atoms with Crippen molar-refractivity contribution in [2.45, 2.75) is 38.5 Å². The summed E-state index contributed by atoms with van der Waals surface area (Å²) in [7, 11) is 1.78. The lowest BCUT2D eigenvalue weighted by molar-refractivity contribution is -0.140. The monoisotopic (exact) mass is 213 g/mol. The van der Waals surface area contributed by atoms with E-state index in [0.717, 1.165) is 0 Å². The first-order valence-electron chi connectivity index (χ1n) is 4.62. The number of likely N-dealkylation sites (N-methyl/N-ethyl adjacent to an activating group) is 1. The van der Waals surface area contributed by atoms with Gasteiger partial charge >= 0.3 is 6.18 Å². The first kappa shape index (κ1) is 13.7. The van der Waals surface area contributed by atoms with Crippen molar-refractivity contribution in [1.82, 2.24) is 5.32 Å². The molecule has 0 aliphatic heterocycles. The van der Waals surface area contributed by atoms with Crippen LogP contribution in [0.2, 0.25) is 0 Å². The van der Waals surface area contributed by atoms with Crippen LogP contribution in [0.4, 0.5) is 13.2 Å². The fraction of sp³-hybridized carbons (Fsp3) is 1.00. The van der Waals surface area contributed by atoms with E-state index in [0.29, 0.717) is 6.54 Å². The number of alkyl halides is 3. The molecule has 5 heteroatoms. The minimum absolute atomic E-state index is 0.0244. The maximum atomic E-state index is 11.8. The van der Waals surface area contributed by atoms with Gasteiger partial charge in [-0.25, -0.2) is 0 Å². The highest BCUT2D eigenvalue weighted by atomic mass is 19.4. The molecule has 0 saturated heterocycles. The maximum Gasteiger partial charge on any atom is 0.389 e. The molecule has 14 heavy (non-hydrogen) atoms. The van der Waals surface area contributed by atoms with Crippen molar-refractivity contribution >= 4 is 0 Å². The fourth-order valence-electron chi connectivity index (χ4n) is 1.10. The molecule has 0 aliphatic rings. The predicted octanol–water partition coefficient (Wildman–Crippen LogP) is 2.34. The molecule has 0 saturated carbocycles. The van der Waals surface area contributed by atoms with E-state index in [4.69, 9.17) is 4.74 Å². The van der Waals surface area contributed by atoms with E-state index in [-0.39, 0.29) is 13.0 Å². The Labute approximate surface area is 82.8 Å². The zero-order valence-corrected chi connectivity index (χ0v) is 8.87. The van der Waals surface area contributed by atoms with Gasteiger partial charge < -0.3 is 10.1 Å². The maximum absolute atomic E-state index is 11.8. The van der Waals surface area contributed by atoms with Crippen LogP contribution in [0.15, 0.2) is 0 Å². The fourth-order valence-corrected chi connectivity index (χ4v) is 1.10. The van der Waals surface area contributed by atoms with Crippen LogP contribution in [0.3, 0.4) is 0 Å². The number of nitrogens with one attached hydrogen (secondary N) is 1. The van der Waals surface area contributed by atoms with Crippen LogP contribution in [-0.2, 0) is 4.74 Å². The topological polar surface area (TPSA) is 21.3 Å². The molecule has 0 fully saturated rings. The second-order valence-corrected chi connectivity index (χ2v) is 3.86. The van der Waals surface area contributed by atoms with Gasteiger partial charge in [-0.05, 0) is 27.3 Å². The smallest absolute Gasteiger partial charge is 0.374 e. The van der Waals surface area contributed by atoms with Gasteiger partial charge in [0.25, 0.3) is 0 Å². The zero-order valence-electron chi connectivity index (χ0n) is 8.87. The van der Waals surface area contributed by atoms with Gasteiger partial charge in [0.2, 0.25) is 0 Å². The predicted molar refractivity (Wildman–Crippen MR) is 49.2 cm³/mol. The van der Waals surface area contributed by atoms with Crippen molar-refractivity contribution in [2.75, 3.05) is 20.2 Å². The Bertz CT molecular complexity index is 157. The number of hydrogen-bond acceptors (Lipinski definition) is 2. The van der Waals surface area contributed by atoms with Crippen molar-refractivity contribution in [3.8, 4) is 0 Å². The van der Waals surface area contributed by atoms with Crippen LogP contribution in [0, 0.1) is 0 Å². The Balaban J connectivity index is 3.54. The molecule has 0 bridgehead atoms. The Hall–Kier alpha value is -0.290. The Morgan fingerprint density at radius 1 is 1.21 bits per heavy atom. The van der Waals surface area contributed by atoms with Crippen molar-refractivity contribution in [2.24, 2.45) is 0 Å². The van der Waals surface area contributed by atoms with Crippen molar-refractivity contribution in [3.05, 3.63) is 0 Å². The lowest BCUT2D eigenvalue weighted by Crippen LogP contribution is -2.36. The second kappa shape index (κ2) is 5.56. The third kappa shape index (κ3) is 8.31. The first-order chi connectivity index (χ1) is 6.27. The van der Waals surface area contributed by atoms with E-state index in [9.17, 15) is 13.2 Å². The van der Waals surface area contributed by atoms with Gasteiger partial charge in [-0.15, -0.1) is 0 Å². The van der Waals surface area contributed by atoms with Crippen molar-refractivity contribution < 1.29 is 17.9 Å². The number of ether oxygens (including phenoxy) is 1. The van der Waals surface area contributed by atoms with Gasteiger partial charge in [0.1, 0.15) is 0 Å². The molecule has 2 nitrogen and oxygen atoms in total. The van der Waals surface area contributed by atoms with Crippen LogP contribution < -0.4 is 5.32 Å². The van der Waals surface area contributed by atoms with Crippen LogP contribution in [-0.4, -0.2) is 32.0 Å². The molecule has 0 aromatic carbocycles. The average Bonchev–Trinajstić information content (AvgIpc) is 1.96. The molecule has 0 spiro atoms. The molecule has 0 aliphatic carbocycles. The normalized spacial score (nSPS) is 13.3. The van der Waals surface area contributed by atoms with Gasteiger partial charge in [0.05, 0.1) is 5.60 Å². The molecule has 0 amide bonds. The van der Waals surface area contributed by atoms with Crippen molar-refractivity contribution in [1.29, 1.82) is 0 Å². The summed E-state index contributed by atoms with van der Waals surface area (Å²) >= 11 is 0. The molecule has 0 unspecified atom stereocenters. The highest BCUT2D eigenvalue weighted by Crippen LogP contribution is 2.21. The summed E-state index contributed by atoms with van der Waals surface area (Å²) in [6.45, 7) is 4.46. The van der Waals surface area contributed by atoms with Gasteiger partial charge in [-0.1, -0.05) is 0 Å². The van der Waals surface area contributed by atoms with Crippen molar-refractivity contribution in [3.63, 3.8) is 0 Å². The molecular weight excluding hydrogens is 195 g/mol. The third-order valence-electron chi connectivity index (χ3n) is 1.70. The van der Waals surface area contributed by atoms with Gasteiger partial charge in [-0.2, -0.15) is 13.2 Å². The molecule has 0 aromatic heterocycles. The van der Waals surface area contributed by atoms with E-state index in [2.05, 4.69) is 5.32 Å². The first-order valence-corrected chi connectivity index (χ1v) is 4.62. The molecule has 86 valence electrons. The minimum atomic E-state index is -4.07. The molecule has 0 aromatic rings. The summed E-state index contributed by atoms with van der Waals surface area (Å²) < 4.78 is 40.6. The molecule has 1 N–H and O–H groups in total. The quantitative estimate of drug-likeness (QED) is 0.684. The number of halogens is 3. The van der Waals surface area contributed by atoms with E-state index in [1.165, 1.54) is 0 Å². The average molecular weight is 213 g/mol. The van der Waals surface area contributed by atoms with Gasteiger partial charge in [0, 0.05) is 19.6 Å². The molecular formula is C9H18F3NO. The Kier molecular flexibility index (Phi) is 5.44. The SMILES string of the molecule is CNCC(C)(C)OCCCC(F)(F)F.